The third kappa shape index (κ3) is 5.19. The lowest BCUT2D eigenvalue weighted by molar-refractivity contribution is 0.601. The van der Waals surface area contributed by atoms with E-state index in [4.69, 9.17) is 17.3 Å². The van der Waals surface area contributed by atoms with Crippen molar-refractivity contribution in [2.24, 2.45) is 0 Å². The predicted molar refractivity (Wildman–Crippen MR) is 115 cm³/mol. The molecule has 0 saturated carbocycles. The number of hydrogen-bond donors (Lipinski definition) is 3. The molecule has 1 heterocycles. The molecule has 9 heteroatoms. The number of sulfonamides is 1. The number of aryl methyl sites for hydroxylation is 1. The molecule has 2 aromatic rings. The number of nitrogens with two attached hydrogens (primary N) is 1. The van der Waals surface area contributed by atoms with Crippen LogP contribution in [0.25, 0.3) is 0 Å². The van der Waals surface area contributed by atoms with Gasteiger partial charge in [-0.2, -0.15) is 0 Å². The Balaban J connectivity index is 0.00000261. The largest absolute Gasteiger partial charge is 0.397 e. The normalized spacial score (nSPS) is 15.0. The van der Waals surface area contributed by atoms with Crippen molar-refractivity contribution >= 4 is 51.1 Å². The lowest BCUT2D eigenvalue weighted by atomic mass is 10.2. The standard InChI is InChI=1S/C18H23ClN4O2S.ClH/c1-13-3-4-14(19)11-17(13)22-26(24,25)15-5-6-18(16(20)12-15)23-9-2-7-21-8-10-23;/h3-6,11-12,21-22H,2,7-10,20H2,1H3;1H. The highest BCUT2D eigenvalue weighted by Gasteiger charge is 2.19. The van der Waals surface area contributed by atoms with Crippen LogP contribution in [0.3, 0.4) is 0 Å². The SMILES string of the molecule is Cc1ccc(Cl)cc1NS(=O)(=O)c1ccc(N2CCCNCC2)c(N)c1.Cl. The van der Waals surface area contributed by atoms with Crippen LogP contribution in [-0.2, 0) is 10.0 Å². The van der Waals surface area contributed by atoms with Crippen molar-refractivity contribution in [3.63, 3.8) is 0 Å². The van der Waals surface area contributed by atoms with Crippen LogP contribution in [0, 0.1) is 6.92 Å². The van der Waals surface area contributed by atoms with E-state index >= 15 is 0 Å². The molecule has 1 fully saturated rings. The first kappa shape index (κ1) is 21.6. The molecule has 0 aliphatic carbocycles. The zero-order valence-corrected chi connectivity index (χ0v) is 17.4. The smallest absolute Gasteiger partial charge is 0.261 e. The molecular weight excluding hydrogens is 407 g/mol. The van der Waals surface area contributed by atoms with Gasteiger partial charge in [0.15, 0.2) is 0 Å². The predicted octanol–water partition coefficient (Wildman–Crippen LogP) is 3.25. The first-order chi connectivity index (χ1) is 12.4. The van der Waals surface area contributed by atoms with E-state index in [0.717, 1.165) is 43.9 Å². The van der Waals surface area contributed by atoms with Crippen LogP contribution in [-0.4, -0.2) is 34.6 Å². The van der Waals surface area contributed by atoms with Gasteiger partial charge >= 0.3 is 0 Å². The van der Waals surface area contributed by atoms with E-state index in [0.29, 0.717) is 16.4 Å². The number of hydrogen-bond acceptors (Lipinski definition) is 5. The van der Waals surface area contributed by atoms with Crippen LogP contribution in [0.5, 0.6) is 0 Å². The fourth-order valence-corrected chi connectivity index (χ4v) is 4.31. The van der Waals surface area contributed by atoms with Crippen LogP contribution in [0.15, 0.2) is 41.3 Å². The lowest BCUT2D eigenvalue weighted by Crippen LogP contribution is -2.28. The minimum absolute atomic E-state index is 0. The minimum Gasteiger partial charge on any atom is -0.397 e. The van der Waals surface area contributed by atoms with Crippen molar-refractivity contribution in [3.05, 3.63) is 47.0 Å². The zero-order valence-electron chi connectivity index (χ0n) is 15.0. The first-order valence-electron chi connectivity index (χ1n) is 8.51. The number of benzene rings is 2. The van der Waals surface area contributed by atoms with Crippen molar-refractivity contribution < 1.29 is 8.42 Å². The second kappa shape index (κ2) is 9.01. The topological polar surface area (TPSA) is 87.5 Å². The molecule has 148 valence electrons. The number of nitrogen functional groups attached to an aromatic ring is 1. The molecule has 0 spiro atoms. The highest BCUT2D eigenvalue weighted by atomic mass is 35.5. The van der Waals surface area contributed by atoms with Crippen LogP contribution in [0.1, 0.15) is 12.0 Å². The lowest BCUT2D eigenvalue weighted by Gasteiger charge is -2.24. The molecule has 0 radical (unpaired) electrons. The fraction of sp³-hybridized carbons (Fsp3) is 0.333. The van der Waals surface area contributed by atoms with E-state index in [1.54, 1.807) is 30.3 Å². The van der Waals surface area contributed by atoms with E-state index in [9.17, 15) is 8.42 Å². The molecular formula is C18H24Cl2N4O2S. The second-order valence-electron chi connectivity index (χ2n) is 6.38. The van der Waals surface area contributed by atoms with Crippen molar-refractivity contribution in [2.75, 3.05) is 41.5 Å². The number of halogens is 2. The van der Waals surface area contributed by atoms with E-state index in [-0.39, 0.29) is 17.3 Å². The van der Waals surface area contributed by atoms with E-state index < -0.39 is 10.0 Å². The monoisotopic (exact) mass is 430 g/mol. The highest BCUT2D eigenvalue weighted by molar-refractivity contribution is 7.92. The van der Waals surface area contributed by atoms with Gasteiger partial charge in [0.25, 0.3) is 10.0 Å². The summed E-state index contributed by atoms with van der Waals surface area (Å²) >= 11 is 5.97. The Bertz CT molecular complexity index is 898. The van der Waals surface area contributed by atoms with Gasteiger partial charge in [0, 0.05) is 24.7 Å². The van der Waals surface area contributed by atoms with Crippen molar-refractivity contribution in [1.29, 1.82) is 0 Å². The van der Waals surface area contributed by atoms with Crippen molar-refractivity contribution in [3.8, 4) is 0 Å². The van der Waals surface area contributed by atoms with Gasteiger partial charge in [-0.1, -0.05) is 17.7 Å². The van der Waals surface area contributed by atoms with Crippen LogP contribution >= 0.6 is 24.0 Å². The van der Waals surface area contributed by atoms with Gasteiger partial charge in [0.05, 0.1) is 22.0 Å². The third-order valence-electron chi connectivity index (χ3n) is 4.43. The van der Waals surface area contributed by atoms with Gasteiger partial charge in [0.2, 0.25) is 0 Å². The van der Waals surface area contributed by atoms with Gasteiger partial charge in [-0.3, -0.25) is 4.72 Å². The second-order valence-corrected chi connectivity index (χ2v) is 8.49. The van der Waals surface area contributed by atoms with E-state index in [1.165, 1.54) is 6.07 Å². The summed E-state index contributed by atoms with van der Waals surface area (Å²) in [5.41, 5.74) is 8.74. The Morgan fingerprint density at radius 3 is 2.67 bits per heavy atom. The molecule has 0 aromatic heterocycles. The van der Waals surface area contributed by atoms with Crippen LogP contribution < -0.4 is 20.7 Å². The Labute approximate surface area is 171 Å². The average molecular weight is 431 g/mol. The van der Waals surface area contributed by atoms with Gasteiger partial charge in [-0.05, 0) is 55.8 Å². The molecule has 1 aliphatic heterocycles. The molecule has 0 amide bonds. The Hall–Kier alpha value is -1.67. The molecule has 3 rings (SSSR count). The Morgan fingerprint density at radius 2 is 1.93 bits per heavy atom. The van der Waals surface area contributed by atoms with Gasteiger partial charge < -0.3 is 16.0 Å². The number of nitrogens with zero attached hydrogens (tertiary/aromatic N) is 1. The summed E-state index contributed by atoms with van der Waals surface area (Å²) < 4.78 is 28.0. The zero-order chi connectivity index (χ0) is 18.7. The van der Waals surface area contributed by atoms with Crippen LogP contribution in [0.2, 0.25) is 5.02 Å². The summed E-state index contributed by atoms with van der Waals surface area (Å²) in [6, 6.07) is 9.96. The van der Waals surface area contributed by atoms with Crippen LogP contribution in [0.4, 0.5) is 17.1 Å². The molecule has 4 N–H and O–H groups in total. The minimum atomic E-state index is -3.75. The molecule has 0 unspecified atom stereocenters. The summed E-state index contributed by atoms with van der Waals surface area (Å²) in [4.78, 5) is 2.31. The quantitative estimate of drug-likeness (QED) is 0.647. The summed E-state index contributed by atoms with van der Waals surface area (Å²) in [5, 5.41) is 3.81. The summed E-state index contributed by atoms with van der Waals surface area (Å²) in [5.74, 6) is 0. The molecule has 0 bridgehead atoms. The maximum atomic E-state index is 12.7. The fourth-order valence-electron chi connectivity index (χ4n) is 2.98. The van der Waals surface area contributed by atoms with Crippen molar-refractivity contribution in [1.82, 2.24) is 5.32 Å². The molecule has 27 heavy (non-hydrogen) atoms. The van der Waals surface area contributed by atoms with Crippen molar-refractivity contribution in [2.45, 2.75) is 18.2 Å². The maximum Gasteiger partial charge on any atom is 0.261 e. The molecule has 1 saturated heterocycles. The van der Waals surface area contributed by atoms with Gasteiger partial charge in [-0.25, -0.2) is 8.42 Å². The summed E-state index contributed by atoms with van der Waals surface area (Å²) in [7, 11) is -3.75. The first-order valence-corrected chi connectivity index (χ1v) is 10.4. The molecule has 0 atom stereocenters. The maximum absolute atomic E-state index is 12.7. The molecule has 1 aliphatic rings. The number of nitrogens with one attached hydrogen (secondary N) is 2. The van der Waals surface area contributed by atoms with E-state index in [2.05, 4.69) is 14.9 Å². The average Bonchev–Trinajstić information content (AvgIpc) is 2.87. The summed E-state index contributed by atoms with van der Waals surface area (Å²) in [6.45, 7) is 5.42. The number of anilines is 3. The van der Waals surface area contributed by atoms with Gasteiger partial charge in [0.1, 0.15) is 0 Å². The molecule has 2 aromatic carbocycles. The summed E-state index contributed by atoms with van der Waals surface area (Å²) in [6.07, 6.45) is 1.02. The van der Waals surface area contributed by atoms with E-state index in [1.807, 2.05) is 6.92 Å². The third-order valence-corrected chi connectivity index (χ3v) is 6.03. The Kier molecular flexibility index (Phi) is 7.22. The molecule has 6 nitrogen and oxygen atoms in total. The Morgan fingerprint density at radius 1 is 1.15 bits per heavy atom. The van der Waals surface area contributed by atoms with Gasteiger partial charge in [-0.15, -0.1) is 12.4 Å². The number of rotatable bonds is 4. The highest BCUT2D eigenvalue weighted by Crippen LogP contribution is 2.29.